The number of nitrogens with two attached hydrogens (primary N) is 1. The van der Waals surface area contributed by atoms with E-state index in [-0.39, 0.29) is 5.82 Å². The molecule has 0 radical (unpaired) electrons. The number of hydrogen-bond acceptors (Lipinski definition) is 2. The van der Waals surface area contributed by atoms with Crippen molar-refractivity contribution in [3.63, 3.8) is 0 Å². The highest BCUT2D eigenvalue weighted by Crippen LogP contribution is 2.28. The van der Waals surface area contributed by atoms with Crippen molar-refractivity contribution in [2.45, 2.75) is 26.3 Å². The lowest BCUT2D eigenvalue weighted by Crippen LogP contribution is -2.16. The third-order valence-electron chi connectivity index (χ3n) is 3.63. The first-order chi connectivity index (χ1) is 9.52. The largest absolute Gasteiger partial charge is 0.496 e. The Morgan fingerprint density at radius 3 is 2.55 bits per heavy atom. The van der Waals surface area contributed by atoms with E-state index < -0.39 is 6.04 Å². The van der Waals surface area contributed by atoms with Gasteiger partial charge >= 0.3 is 0 Å². The number of aryl methyl sites for hydroxylation is 2. The van der Waals surface area contributed by atoms with E-state index >= 15 is 0 Å². The Hall–Kier alpha value is -1.87. The smallest absolute Gasteiger partial charge is 0.131 e. The molecule has 106 valence electrons. The Labute approximate surface area is 119 Å². The van der Waals surface area contributed by atoms with Crippen LogP contribution in [0.2, 0.25) is 0 Å². The highest BCUT2D eigenvalue weighted by Gasteiger charge is 2.17. The zero-order valence-corrected chi connectivity index (χ0v) is 12.1. The van der Waals surface area contributed by atoms with Crippen LogP contribution in [0, 0.1) is 19.7 Å². The summed E-state index contributed by atoms with van der Waals surface area (Å²) < 4.78 is 19.2. The molecular formula is C17H20FNO. The predicted molar refractivity (Wildman–Crippen MR) is 79.5 cm³/mol. The summed E-state index contributed by atoms with van der Waals surface area (Å²) >= 11 is 0. The third kappa shape index (κ3) is 2.99. The van der Waals surface area contributed by atoms with Crippen molar-refractivity contribution >= 4 is 0 Å². The number of ether oxygens (including phenoxy) is 1. The summed E-state index contributed by atoms with van der Waals surface area (Å²) in [6.07, 6.45) is 0.582. The zero-order chi connectivity index (χ0) is 14.7. The Bertz CT molecular complexity index is 610. The van der Waals surface area contributed by atoms with E-state index in [0.717, 1.165) is 5.56 Å². The summed E-state index contributed by atoms with van der Waals surface area (Å²) in [7, 11) is 1.53. The summed E-state index contributed by atoms with van der Waals surface area (Å²) in [5, 5.41) is 0. The summed E-state index contributed by atoms with van der Waals surface area (Å²) in [6, 6.07) is 10.6. The van der Waals surface area contributed by atoms with E-state index in [0.29, 0.717) is 17.7 Å². The monoisotopic (exact) mass is 273 g/mol. The van der Waals surface area contributed by atoms with E-state index in [1.807, 2.05) is 6.07 Å². The molecule has 20 heavy (non-hydrogen) atoms. The minimum atomic E-state index is -0.423. The van der Waals surface area contributed by atoms with Crippen LogP contribution in [0.1, 0.15) is 28.3 Å². The van der Waals surface area contributed by atoms with Gasteiger partial charge in [-0.25, -0.2) is 4.39 Å². The molecule has 0 heterocycles. The van der Waals surface area contributed by atoms with Crippen molar-refractivity contribution in [1.82, 2.24) is 0 Å². The van der Waals surface area contributed by atoms with Gasteiger partial charge in [0.2, 0.25) is 0 Å². The maximum absolute atomic E-state index is 14.0. The van der Waals surface area contributed by atoms with Gasteiger partial charge in [0.15, 0.2) is 0 Å². The average molecular weight is 273 g/mol. The normalized spacial score (nSPS) is 12.2. The molecule has 0 aliphatic rings. The van der Waals surface area contributed by atoms with Crippen LogP contribution in [0.25, 0.3) is 0 Å². The Morgan fingerprint density at radius 2 is 1.90 bits per heavy atom. The zero-order valence-electron chi connectivity index (χ0n) is 12.1. The third-order valence-corrected chi connectivity index (χ3v) is 3.63. The van der Waals surface area contributed by atoms with E-state index in [9.17, 15) is 4.39 Å². The van der Waals surface area contributed by atoms with Gasteiger partial charge in [0.05, 0.1) is 7.11 Å². The maximum atomic E-state index is 14.0. The van der Waals surface area contributed by atoms with Gasteiger partial charge in [-0.1, -0.05) is 24.3 Å². The molecule has 1 unspecified atom stereocenters. The average Bonchev–Trinajstić information content (AvgIpc) is 2.42. The van der Waals surface area contributed by atoms with Crippen LogP contribution >= 0.6 is 0 Å². The second-order valence-electron chi connectivity index (χ2n) is 5.08. The lowest BCUT2D eigenvalue weighted by molar-refractivity contribution is 0.399. The van der Waals surface area contributed by atoms with Gasteiger partial charge in [-0.15, -0.1) is 0 Å². The van der Waals surface area contributed by atoms with Crippen molar-refractivity contribution < 1.29 is 9.13 Å². The fourth-order valence-corrected chi connectivity index (χ4v) is 2.34. The van der Waals surface area contributed by atoms with Crippen molar-refractivity contribution in [3.05, 3.63) is 64.5 Å². The van der Waals surface area contributed by atoms with Crippen molar-refractivity contribution in [2.75, 3.05) is 7.11 Å². The molecule has 2 rings (SSSR count). The molecule has 3 heteroatoms. The SMILES string of the molecule is COc1cccc(F)c1C(N)Cc1ccc(C)c(C)c1. The summed E-state index contributed by atoms with van der Waals surface area (Å²) in [6.45, 7) is 4.13. The molecule has 2 nitrogen and oxygen atoms in total. The van der Waals surface area contributed by atoms with Crippen LogP contribution in [0.4, 0.5) is 4.39 Å². The van der Waals surface area contributed by atoms with E-state index in [4.69, 9.17) is 10.5 Å². The highest BCUT2D eigenvalue weighted by atomic mass is 19.1. The molecule has 2 aromatic rings. The molecule has 0 saturated heterocycles. The fraction of sp³-hybridized carbons (Fsp3) is 0.294. The first-order valence-corrected chi connectivity index (χ1v) is 6.67. The first kappa shape index (κ1) is 14.5. The van der Waals surface area contributed by atoms with Crippen LogP contribution in [0.5, 0.6) is 5.75 Å². The van der Waals surface area contributed by atoms with Crippen LogP contribution in [0.3, 0.4) is 0 Å². The van der Waals surface area contributed by atoms with E-state index in [2.05, 4.69) is 26.0 Å². The molecule has 0 fully saturated rings. The topological polar surface area (TPSA) is 35.2 Å². The summed E-state index contributed by atoms with van der Waals surface area (Å²) in [5.41, 5.74) is 10.2. The van der Waals surface area contributed by atoms with Crippen molar-refractivity contribution in [3.8, 4) is 5.75 Å². The second kappa shape index (κ2) is 6.06. The molecule has 2 aromatic carbocycles. The summed E-state index contributed by atoms with van der Waals surface area (Å²) in [4.78, 5) is 0. The molecule has 0 aliphatic heterocycles. The minimum Gasteiger partial charge on any atom is -0.496 e. The standard InChI is InChI=1S/C17H20FNO/c1-11-7-8-13(9-12(11)2)10-15(19)17-14(18)5-4-6-16(17)20-3/h4-9,15H,10,19H2,1-3H3. The van der Waals surface area contributed by atoms with Gasteiger partial charge in [0.1, 0.15) is 11.6 Å². The molecule has 0 amide bonds. The lowest BCUT2D eigenvalue weighted by Gasteiger charge is -2.17. The van der Waals surface area contributed by atoms with E-state index in [1.165, 1.54) is 24.3 Å². The quantitative estimate of drug-likeness (QED) is 0.922. The van der Waals surface area contributed by atoms with Gasteiger partial charge in [0, 0.05) is 11.6 Å². The molecule has 0 aliphatic carbocycles. The molecule has 0 spiro atoms. The van der Waals surface area contributed by atoms with Crippen molar-refractivity contribution in [2.24, 2.45) is 5.73 Å². The molecule has 0 aromatic heterocycles. The number of halogens is 1. The highest BCUT2D eigenvalue weighted by molar-refractivity contribution is 5.39. The molecule has 0 bridgehead atoms. The Balaban J connectivity index is 2.28. The van der Waals surface area contributed by atoms with Crippen LogP contribution in [-0.4, -0.2) is 7.11 Å². The van der Waals surface area contributed by atoms with Crippen LogP contribution < -0.4 is 10.5 Å². The molecule has 1 atom stereocenters. The molecule has 2 N–H and O–H groups in total. The predicted octanol–water partition coefficient (Wildman–Crippen LogP) is 3.69. The summed E-state index contributed by atoms with van der Waals surface area (Å²) in [5.74, 6) is 0.182. The molecular weight excluding hydrogens is 253 g/mol. The lowest BCUT2D eigenvalue weighted by atomic mass is 9.96. The Kier molecular flexibility index (Phi) is 4.40. The number of methoxy groups -OCH3 is 1. The Morgan fingerprint density at radius 1 is 1.15 bits per heavy atom. The van der Waals surface area contributed by atoms with Gasteiger partial charge in [0.25, 0.3) is 0 Å². The van der Waals surface area contributed by atoms with Gasteiger partial charge < -0.3 is 10.5 Å². The van der Waals surface area contributed by atoms with E-state index in [1.54, 1.807) is 12.1 Å². The van der Waals surface area contributed by atoms with Gasteiger partial charge in [-0.2, -0.15) is 0 Å². The number of hydrogen-bond donors (Lipinski definition) is 1. The van der Waals surface area contributed by atoms with Gasteiger partial charge in [-0.05, 0) is 49.1 Å². The van der Waals surface area contributed by atoms with Crippen LogP contribution in [-0.2, 0) is 6.42 Å². The van der Waals surface area contributed by atoms with Crippen molar-refractivity contribution in [1.29, 1.82) is 0 Å². The second-order valence-corrected chi connectivity index (χ2v) is 5.08. The number of benzene rings is 2. The van der Waals surface area contributed by atoms with Gasteiger partial charge in [-0.3, -0.25) is 0 Å². The maximum Gasteiger partial charge on any atom is 0.131 e. The number of rotatable bonds is 4. The minimum absolute atomic E-state index is 0.319. The molecule has 0 saturated carbocycles. The fourth-order valence-electron chi connectivity index (χ4n) is 2.34. The van der Waals surface area contributed by atoms with Crippen LogP contribution in [0.15, 0.2) is 36.4 Å². The first-order valence-electron chi connectivity index (χ1n) is 6.67.